The number of ether oxygens (including phenoxy) is 5. The van der Waals surface area contributed by atoms with E-state index < -0.39 is 0 Å². The molecule has 2 aliphatic rings. The van der Waals surface area contributed by atoms with Crippen molar-refractivity contribution in [3.8, 4) is 0 Å². The maximum Gasteiger partial charge on any atom is 0.319 e. The standard InChI is InChI=1S/C19H29BrO7/c1-14(20)18(21)26-10-8-24-6-4-23-5-7-25-9-11-27-19(22)17-13-15-2-3-16(17)12-15/h2-3,14-17H,4-13H2,1H3. The molecule has 1 saturated carbocycles. The Labute approximate surface area is 168 Å². The van der Waals surface area contributed by atoms with Crippen molar-refractivity contribution in [3.63, 3.8) is 0 Å². The average Bonchev–Trinajstić information content (AvgIpc) is 3.28. The first kappa shape index (κ1) is 22.3. The van der Waals surface area contributed by atoms with Crippen LogP contribution < -0.4 is 0 Å². The molecule has 2 aliphatic carbocycles. The van der Waals surface area contributed by atoms with E-state index in [9.17, 15) is 9.59 Å². The summed E-state index contributed by atoms with van der Waals surface area (Å²) in [6, 6.07) is 0. The van der Waals surface area contributed by atoms with Crippen LogP contribution in [0, 0.1) is 17.8 Å². The number of esters is 2. The number of alkyl halides is 1. The largest absolute Gasteiger partial charge is 0.463 e. The summed E-state index contributed by atoms with van der Waals surface area (Å²) >= 11 is 3.13. The van der Waals surface area contributed by atoms with Crippen LogP contribution in [-0.2, 0) is 33.3 Å². The fraction of sp³-hybridized carbons (Fsp3) is 0.789. The van der Waals surface area contributed by atoms with Crippen molar-refractivity contribution >= 4 is 27.9 Å². The Kier molecular flexibility index (Phi) is 10.3. The summed E-state index contributed by atoms with van der Waals surface area (Å²) in [5.74, 6) is 0.580. The molecule has 0 saturated heterocycles. The Hall–Kier alpha value is -0.960. The molecule has 0 heterocycles. The number of halogens is 1. The van der Waals surface area contributed by atoms with Gasteiger partial charge in [0.1, 0.15) is 18.0 Å². The summed E-state index contributed by atoms with van der Waals surface area (Å²) < 4.78 is 26.3. The first-order chi connectivity index (χ1) is 13.1. The number of hydrogen-bond acceptors (Lipinski definition) is 7. The van der Waals surface area contributed by atoms with Crippen LogP contribution in [0.3, 0.4) is 0 Å². The van der Waals surface area contributed by atoms with E-state index in [4.69, 9.17) is 23.7 Å². The molecule has 27 heavy (non-hydrogen) atoms. The van der Waals surface area contributed by atoms with E-state index in [1.165, 1.54) is 0 Å². The van der Waals surface area contributed by atoms with Crippen LogP contribution in [-0.4, -0.2) is 69.6 Å². The van der Waals surface area contributed by atoms with Gasteiger partial charge in [-0.2, -0.15) is 0 Å². The van der Waals surface area contributed by atoms with Crippen LogP contribution in [0.1, 0.15) is 19.8 Å². The Bertz CT molecular complexity index is 494. The van der Waals surface area contributed by atoms with Crippen molar-refractivity contribution in [2.75, 3.05) is 52.9 Å². The molecule has 2 bridgehead atoms. The number of allylic oxidation sites excluding steroid dienone is 2. The molecule has 154 valence electrons. The van der Waals surface area contributed by atoms with E-state index in [2.05, 4.69) is 28.1 Å². The molecule has 7 nitrogen and oxygen atoms in total. The van der Waals surface area contributed by atoms with Gasteiger partial charge < -0.3 is 23.7 Å². The second-order valence-electron chi connectivity index (χ2n) is 6.67. The third-order valence-corrected chi connectivity index (χ3v) is 4.97. The predicted octanol–water partition coefficient (Wildman–Crippen LogP) is 2.12. The van der Waals surface area contributed by atoms with Crippen molar-refractivity contribution in [3.05, 3.63) is 12.2 Å². The molecule has 0 radical (unpaired) electrons. The fourth-order valence-electron chi connectivity index (χ4n) is 3.22. The summed E-state index contributed by atoms with van der Waals surface area (Å²) in [6.45, 7) is 4.70. The highest BCUT2D eigenvalue weighted by Gasteiger charge is 2.40. The zero-order valence-corrected chi connectivity index (χ0v) is 17.4. The zero-order chi connectivity index (χ0) is 19.5. The summed E-state index contributed by atoms with van der Waals surface area (Å²) in [5.41, 5.74) is 0. The van der Waals surface area contributed by atoms with Crippen LogP contribution in [0.4, 0.5) is 0 Å². The van der Waals surface area contributed by atoms with E-state index >= 15 is 0 Å². The molecule has 0 aromatic heterocycles. The van der Waals surface area contributed by atoms with Crippen molar-refractivity contribution < 1.29 is 33.3 Å². The number of carbonyl (C=O) groups is 2. The zero-order valence-electron chi connectivity index (χ0n) is 15.8. The Morgan fingerprint density at radius 3 is 1.93 bits per heavy atom. The topological polar surface area (TPSA) is 80.3 Å². The van der Waals surface area contributed by atoms with Gasteiger partial charge in [0.15, 0.2) is 0 Å². The van der Waals surface area contributed by atoms with Gasteiger partial charge in [-0.3, -0.25) is 9.59 Å². The number of fused-ring (bicyclic) bond motifs is 2. The van der Waals surface area contributed by atoms with E-state index in [1.54, 1.807) is 6.92 Å². The van der Waals surface area contributed by atoms with Crippen molar-refractivity contribution in [2.24, 2.45) is 17.8 Å². The van der Waals surface area contributed by atoms with Gasteiger partial charge in [-0.25, -0.2) is 0 Å². The second-order valence-corrected chi connectivity index (χ2v) is 8.05. The second kappa shape index (κ2) is 12.5. The Morgan fingerprint density at radius 2 is 1.44 bits per heavy atom. The Balaban J connectivity index is 1.31. The number of hydrogen-bond donors (Lipinski definition) is 0. The van der Waals surface area contributed by atoms with Crippen molar-refractivity contribution in [1.29, 1.82) is 0 Å². The van der Waals surface area contributed by atoms with Gasteiger partial charge in [-0.05, 0) is 31.6 Å². The molecule has 0 spiro atoms. The number of carbonyl (C=O) groups excluding carboxylic acids is 2. The molecule has 8 heteroatoms. The maximum atomic E-state index is 12.0. The molecular weight excluding hydrogens is 420 g/mol. The molecule has 4 unspecified atom stereocenters. The summed E-state index contributed by atoms with van der Waals surface area (Å²) in [4.78, 5) is 22.9. The molecule has 0 amide bonds. The van der Waals surface area contributed by atoms with E-state index in [0.29, 0.717) is 51.5 Å². The van der Waals surface area contributed by atoms with Crippen LogP contribution in [0.15, 0.2) is 12.2 Å². The molecule has 1 fully saturated rings. The van der Waals surface area contributed by atoms with Gasteiger partial charge in [-0.15, -0.1) is 0 Å². The Morgan fingerprint density at radius 1 is 0.889 bits per heavy atom. The minimum Gasteiger partial charge on any atom is -0.463 e. The molecule has 4 atom stereocenters. The highest BCUT2D eigenvalue weighted by molar-refractivity contribution is 9.10. The van der Waals surface area contributed by atoms with Gasteiger partial charge >= 0.3 is 11.9 Å². The first-order valence-electron chi connectivity index (χ1n) is 9.47. The molecule has 0 aliphatic heterocycles. The average molecular weight is 449 g/mol. The van der Waals surface area contributed by atoms with Gasteiger partial charge in [0.2, 0.25) is 0 Å². The maximum absolute atomic E-state index is 12.0. The smallest absolute Gasteiger partial charge is 0.319 e. The highest BCUT2D eigenvalue weighted by Crippen LogP contribution is 2.43. The normalized spacial score (nSPS) is 24.1. The number of rotatable bonds is 14. The minimum absolute atomic E-state index is 0.0368. The lowest BCUT2D eigenvalue weighted by Crippen LogP contribution is -2.23. The predicted molar refractivity (Wildman–Crippen MR) is 102 cm³/mol. The molecule has 0 aromatic rings. The molecule has 2 rings (SSSR count). The minimum atomic E-state index is -0.306. The van der Waals surface area contributed by atoms with Crippen molar-refractivity contribution in [2.45, 2.75) is 24.6 Å². The monoisotopic (exact) mass is 448 g/mol. The van der Waals surface area contributed by atoms with Gasteiger partial charge in [-0.1, -0.05) is 28.1 Å². The summed E-state index contributed by atoms with van der Waals surface area (Å²) in [5, 5.41) is 0. The third-order valence-electron chi connectivity index (χ3n) is 4.59. The lowest BCUT2D eigenvalue weighted by atomic mass is 9.94. The highest BCUT2D eigenvalue weighted by atomic mass is 79.9. The lowest BCUT2D eigenvalue weighted by molar-refractivity contribution is -0.151. The lowest BCUT2D eigenvalue weighted by Gasteiger charge is -2.16. The van der Waals surface area contributed by atoms with Crippen LogP contribution >= 0.6 is 15.9 Å². The van der Waals surface area contributed by atoms with Crippen molar-refractivity contribution in [1.82, 2.24) is 0 Å². The SMILES string of the molecule is CC(Br)C(=O)OCCOCCOCCOCCOC(=O)C1CC2C=CC1C2. The molecule has 0 aromatic carbocycles. The fourth-order valence-corrected chi connectivity index (χ4v) is 3.35. The summed E-state index contributed by atoms with van der Waals surface area (Å²) in [7, 11) is 0. The van der Waals surface area contributed by atoms with Gasteiger partial charge in [0.25, 0.3) is 0 Å². The van der Waals surface area contributed by atoms with Gasteiger partial charge in [0.05, 0.1) is 45.6 Å². The van der Waals surface area contributed by atoms with Crippen LogP contribution in [0.5, 0.6) is 0 Å². The molecular formula is C19H29BrO7. The van der Waals surface area contributed by atoms with Crippen LogP contribution in [0.2, 0.25) is 0 Å². The molecule has 0 N–H and O–H groups in total. The van der Waals surface area contributed by atoms with Crippen LogP contribution in [0.25, 0.3) is 0 Å². The van der Waals surface area contributed by atoms with E-state index in [0.717, 1.165) is 12.8 Å². The van der Waals surface area contributed by atoms with E-state index in [-0.39, 0.29) is 35.9 Å². The summed E-state index contributed by atoms with van der Waals surface area (Å²) in [6.07, 6.45) is 6.38. The third kappa shape index (κ3) is 8.29. The van der Waals surface area contributed by atoms with Gasteiger partial charge in [0, 0.05) is 0 Å². The first-order valence-corrected chi connectivity index (χ1v) is 10.4. The van der Waals surface area contributed by atoms with E-state index in [1.807, 2.05) is 0 Å². The quantitative estimate of drug-likeness (QED) is 0.174.